The molecule has 1 N–H and O–H groups in total. The molecule has 0 aliphatic carbocycles. The lowest BCUT2D eigenvalue weighted by atomic mass is 10.3. The van der Waals surface area contributed by atoms with Crippen molar-refractivity contribution in [2.24, 2.45) is 0 Å². The lowest BCUT2D eigenvalue weighted by Gasteiger charge is -2.27. The number of nitro groups is 1. The van der Waals surface area contributed by atoms with Crippen molar-refractivity contribution in [2.45, 2.75) is 14.7 Å². The van der Waals surface area contributed by atoms with E-state index in [4.69, 9.17) is 0 Å². The monoisotopic (exact) mass is 397 g/mol. The van der Waals surface area contributed by atoms with Crippen LogP contribution in [0.3, 0.4) is 0 Å². The molecule has 0 amide bonds. The van der Waals surface area contributed by atoms with Crippen LogP contribution in [-0.4, -0.2) is 43.8 Å². The van der Waals surface area contributed by atoms with Crippen LogP contribution >= 0.6 is 11.8 Å². The van der Waals surface area contributed by atoms with Gasteiger partial charge in [0.1, 0.15) is 10.7 Å². The molecule has 1 heterocycles. The summed E-state index contributed by atoms with van der Waals surface area (Å²) in [4.78, 5) is 11.2. The summed E-state index contributed by atoms with van der Waals surface area (Å²) in [6.45, 7) is 1.60. The topological polar surface area (TPSA) is 92.5 Å². The Balaban J connectivity index is 2.05. The predicted octanol–water partition coefficient (Wildman–Crippen LogP) is 2.48. The smallest absolute Gasteiger partial charge is 0.270 e. The summed E-state index contributed by atoms with van der Waals surface area (Å²) in [7, 11) is -3.90. The van der Waals surface area contributed by atoms with Crippen LogP contribution in [0.1, 0.15) is 0 Å². The van der Waals surface area contributed by atoms with Crippen LogP contribution in [0.15, 0.2) is 57.2 Å². The van der Waals surface area contributed by atoms with E-state index in [1.54, 1.807) is 6.07 Å². The first-order chi connectivity index (χ1) is 12.4. The van der Waals surface area contributed by atoms with Crippen molar-refractivity contribution in [1.82, 2.24) is 9.62 Å². The van der Waals surface area contributed by atoms with E-state index in [0.717, 1.165) is 17.8 Å². The molecule has 0 spiro atoms. The van der Waals surface area contributed by atoms with Gasteiger partial charge in [-0.3, -0.25) is 10.1 Å². The first-order valence-corrected chi connectivity index (χ1v) is 10.1. The van der Waals surface area contributed by atoms with Crippen molar-refractivity contribution in [1.29, 1.82) is 0 Å². The lowest BCUT2D eigenvalue weighted by molar-refractivity contribution is -0.385. The van der Waals surface area contributed by atoms with E-state index in [-0.39, 0.29) is 23.7 Å². The Hall–Kier alpha value is -2.01. The van der Waals surface area contributed by atoms with Crippen molar-refractivity contribution >= 4 is 27.5 Å². The molecule has 3 rings (SSSR count). The molecule has 7 nitrogen and oxygen atoms in total. The second-order valence-electron chi connectivity index (χ2n) is 5.60. The van der Waals surface area contributed by atoms with Crippen molar-refractivity contribution in [3.63, 3.8) is 0 Å². The molecule has 1 saturated heterocycles. The zero-order valence-corrected chi connectivity index (χ0v) is 15.2. The van der Waals surface area contributed by atoms with Crippen molar-refractivity contribution < 1.29 is 17.7 Å². The summed E-state index contributed by atoms with van der Waals surface area (Å²) in [5.41, 5.74) is -0.303. The summed E-state index contributed by atoms with van der Waals surface area (Å²) < 4.78 is 40.8. The molecule has 0 radical (unpaired) electrons. The third-order valence-corrected chi connectivity index (χ3v) is 6.99. The number of hydrogen-bond acceptors (Lipinski definition) is 6. The van der Waals surface area contributed by atoms with Crippen LogP contribution in [0.25, 0.3) is 0 Å². The summed E-state index contributed by atoms with van der Waals surface area (Å²) in [5, 5.41) is 14.2. The Labute approximate surface area is 154 Å². The summed E-state index contributed by atoms with van der Waals surface area (Å²) in [5.74, 6) is -0.441. The molecule has 1 aliphatic rings. The van der Waals surface area contributed by atoms with Gasteiger partial charge in [0.2, 0.25) is 10.0 Å². The molecular formula is C16H16FN3O4S2. The minimum absolute atomic E-state index is 0.136. The molecule has 0 bridgehead atoms. The molecule has 0 aromatic heterocycles. The van der Waals surface area contributed by atoms with Crippen LogP contribution < -0.4 is 5.32 Å². The highest BCUT2D eigenvalue weighted by Gasteiger charge is 2.30. The normalized spacial score (nSPS) is 15.7. The molecule has 0 saturated carbocycles. The van der Waals surface area contributed by atoms with E-state index in [9.17, 15) is 22.9 Å². The summed E-state index contributed by atoms with van der Waals surface area (Å²) in [6.07, 6.45) is 0. The Morgan fingerprint density at radius 3 is 2.54 bits per heavy atom. The fourth-order valence-electron chi connectivity index (χ4n) is 2.58. The fraction of sp³-hybridized carbons (Fsp3) is 0.250. The number of non-ortho nitro benzene ring substituents is 1. The minimum atomic E-state index is -3.90. The molecule has 2 aromatic carbocycles. The Bertz CT molecular complexity index is 931. The van der Waals surface area contributed by atoms with Gasteiger partial charge in [0, 0.05) is 48.1 Å². The molecule has 2 aromatic rings. The average Bonchev–Trinajstić information content (AvgIpc) is 2.62. The molecule has 10 heteroatoms. The SMILES string of the molecule is O=[N+]([O-])c1ccc(Sc2cccc(F)c2)c(S(=O)(=O)N2CCNCC2)c1. The van der Waals surface area contributed by atoms with Crippen LogP contribution in [0.5, 0.6) is 0 Å². The van der Waals surface area contributed by atoms with Gasteiger partial charge >= 0.3 is 0 Å². The number of piperazine rings is 1. The van der Waals surface area contributed by atoms with Gasteiger partial charge in [0.15, 0.2) is 0 Å². The van der Waals surface area contributed by atoms with E-state index in [1.807, 2.05) is 0 Å². The van der Waals surface area contributed by atoms with E-state index in [1.165, 1.54) is 34.6 Å². The molecular weight excluding hydrogens is 381 g/mol. The van der Waals surface area contributed by atoms with Gasteiger partial charge in [-0.05, 0) is 24.3 Å². The predicted molar refractivity (Wildman–Crippen MR) is 95.2 cm³/mol. The molecule has 1 fully saturated rings. The molecule has 0 unspecified atom stereocenters. The largest absolute Gasteiger partial charge is 0.314 e. The van der Waals surface area contributed by atoms with E-state index in [0.29, 0.717) is 22.9 Å². The van der Waals surface area contributed by atoms with Crippen LogP contribution in [0, 0.1) is 15.9 Å². The zero-order valence-electron chi connectivity index (χ0n) is 13.6. The first-order valence-electron chi connectivity index (χ1n) is 7.80. The Kier molecular flexibility index (Phi) is 5.56. The molecule has 0 atom stereocenters. The number of benzene rings is 2. The highest BCUT2D eigenvalue weighted by Crippen LogP contribution is 2.36. The van der Waals surface area contributed by atoms with Gasteiger partial charge < -0.3 is 5.32 Å². The third-order valence-electron chi connectivity index (χ3n) is 3.86. The summed E-state index contributed by atoms with van der Waals surface area (Å²) >= 11 is 1.06. The maximum absolute atomic E-state index is 13.4. The maximum Gasteiger partial charge on any atom is 0.270 e. The second-order valence-corrected chi connectivity index (χ2v) is 8.62. The van der Waals surface area contributed by atoms with Gasteiger partial charge in [0.25, 0.3) is 5.69 Å². The van der Waals surface area contributed by atoms with Crippen molar-refractivity contribution in [3.8, 4) is 0 Å². The number of sulfonamides is 1. The van der Waals surface area contributed by atoms with E-state index >= 15 is 0 Å². The standard InChI is InChI=1S/C16H16FN3O4S2/c17-12-2-1-3-14(10-12)25-15-5-4-13(20(21)22)11-16(15)26(23,24)19-8-6-18-7-9-19/h1-5,10-11,18H,6-9H2. The van der Waals surface area contributed by atoms with Crippen molar-refractivity contribution in [3.05, 3.63) is 58.4 Å². The van der Waals surface area contributed by atoms with E-state index in [2.05, 4.69) is 5.32 Å². The van der Waals surface area contributed by atoms with Gasteiger partial charge in [-0.15, -0.1) is 0 Å². The number of rotatable bonds is 5. The number of hydrogen-bond donors (Lipinski definition) is 1. The molecule has 26 heavy (non-hydrogen) atoms. The quantitative estimate of drug-likeness (QED) is 0.616. The zero-order chi connectivity index (χ0) is 18.7. The maximum atomic E-state index is 13.4. The lowest BCUT2D eigenvalue weighted by Crippen LogP contribution is -2.46. The van der Waals surface area contributed by atoms with Gasteiger partial charge in [-0.2, -0.15) is 4.31 Å². The van der Waals surface area contributed by atoms with Crippen molar-refractivity contribution in [2.75, 3.05) is 26.2 Å². The molecule has 138 valence electrons. The fourth-order valence-corrected chi connectivity index (χ4v) is 5.42. The summed E-state index contributed by atoms with van der Waals surface area (Å²) in [6, 6.07) is 9.45. The van der Waals surface area contributed by atoms with Gasteiger partial charge in [0.05, 0.1) is 4.92 Å². The third kappa shape index (κ3) is 4.04. The molecule has 1 aliphatic heterocycles. The number of halogens is 1. The first kappa shape index (κ1) is 18.8. The Morgan fingerprint density at radius 2 is 1.88 bits per heavy atom. The second kappa shape index (κ2) is 7.70. The Morgan fingerprint density at radius 1 is 1.15 bits per heavy atom. The highest BCUT2D eigenvalue weighted by molar-refractivity contribution is 8.00. The van der Waals surface area contributed by atoms with Crippen LogP contribution in [-0.2, 0) is 10.0 Å². The van der Waals surface area contributed by atoms with Crippen LogP contribution in [0.4, 0.5) is 10.1 Å². The van der Waals surface area contributed by atoms with Gasteiger partial charge in [-0.25, -0.2) is 12.8 Å². The number of nitrogens with one attached hydrogen (secondary N) is 1. The number of nitro benzene ring substituents is 1. The van der Waals surface area contributed by atoms with Crippen LogP contribution in [0.2, 0.25) is 0 Å². The number of nitrogens with zero attached hydrogens (tertiary/aromatic N) is 2. The highest BCUT2D eigenvalue weighted by atomic mass is 32.2. The van der Waals surface area contributed by atoms with E-state index < -0.39 is 20.8 Å². The van der Waals surface area contributed by atoms with Gasteiger partial charge in [-0.1, -0.05) is 17.8 Å². The minimum Gasteiger partial charge on any atom is -0.314 e. The average molecular weight is 397 g/mol.